The van der Waals surface area contributed by atoms with Gasteiger partial charge >= 0.3 is 5.97 Å². The minimum atomic E-state index is -0.620. The van der Waals surface area contributed by atoms with Crippen molar-refractivity contribution < 1.29 is 9.53 Å². The molecule has 0 aliphatic rings. The molecule has 0 saturated heterocycles. The standard InChI is InChI=1S/C12H9Br2NO2/c1-3-17-12(16)11(15-2)10(14)8-6-4-5-7-9(8)13/h4-7H,3H2,1H3/b11-10+. The molecule has 1 rings (SSSR count). The van der Waals surface area contributed by atoms with E-state index in [-0.39, 0.29) is 12.3 Å². The number of esters is 1. The van der Waals surface area contributed by atoms with E-state index >= 15 is 0 Å². The second kappa shape index (κ2) is 6.58. The summed E-state index contributed by atoms with van der Waals surface area (Å²) in [6.07, 6.45) is 0. The molecule has 0 spiro atoms. The SMILES string of the molecule is [C-]#[N+]/C(C(=O)OCC)=C(/Br)c1ccccc1Br. The summed E-state index contributed by atoms with van der Waals surface area (Å²) in [6.45, 7) is 8.98. The van der Waals surface area contributed by atoms with Gasteiger partial charge in [0.2, 0.25) is 0 Å². The van der Waals surface area contributed by atoms with Crippen LogP contribution in [0.5, 0.6) is 0 Å². The fraction of sp³-hybridized carbons (Fsp3) is 0.167. The molecular weight excluding hydrogens is 350 g/mol. The Morgan fingerprint density at radius 3 is 2.65 bits per heavy atom. The molecule has 0 N–H and O–H groups in total. The van der Waals surface area contributed by atoms with Crippen molar-refractivity contribution in [1.82, 2.24) is 0 Å². The van der Waals surface area contributed by atoms with Crippen LogP contribution in [0.15, 0.2) is 34.4 Å². The summed E-state index contributed by atoms with van der Waals surface area (Å²) < 4.78 is 6.05. The molecule has 0 atom stereocenters. The van der Waals surface area contributed by atoms with Gasteiger partial charge in [-0.15, -0.1) is 0 Å². The van der Waals surface area contributed by atoms with Crippen molar-refractivity contribution >= 4 is 42.3 Å². The van der Waals surface area contributed by atoms with Crippen molar-refractivity contribution in [3.8, 4) is 0 Å². The van der Waals surface area contributed by atoms with Gasteiger partial charge in [-0.1, -0.05) is 50.1 Å². The van der Waals surface area contributed by atoms with Crippen LogP contribution in [0.3, 0.4) is 0 Å². The topological polar surface area (TPSA) is 30.7 Å². The molecule has 0 amide bonds. The second-order valence-corrected chi connectivity index (χ2v) is 4.62. The van der Waals surface area contributed by atoms with Crippen molar-refractivity contribution in [3.63, 3.8) is 0 Å². The number of benzene rings is 1. The fourth-order valence-electron chi connectivity index (χ4n) is 1.15. The number of hydrogen-bond donors (Lipinski definition) is 0. The van der Waals surface area contributed by atoms with Crippen LogP contribution in [0.4, 0.5) is 0 Å². The minimum Gasteiger partial charge on any atom is -0.471 e. The average molecular weight is 359 g/mol. The molecule has 0 aliphatic heterocycles. The molecule has 0 bridgehead atoms. The first-order chi connectivity index (χ1) is 8.11. The highest BCUT2D eigenvalue weighted by atomic mass is 79.9. The van der Waals surface area contributed by atoms with Gasteiger partial charge in [0.25, 0.3) is 5.70 Å². The van der Waals surface area contributed by atoms with E-state index in [1.54, 1.807) is 13.0 Å². The van der Waals surface area contributed by atoms with Crippen molar-refractivity contribution in [3.05, 3.63) is 51.4 Å². The Bertz CT molecular complexity index is 503. The Kier molecular flexibility index (Phi) is 5.39. The van der Waals surface area contributed by atoms with Crippen molar-refractivity contribution in [1.29, 1.82) is 0 Å². The van der Waals surface area contributed by atoms with Gasteiger partial charge in [-0.25, -0.2) is 4.85 Å². The summed E-state index contributed by atoms with van der Waals surface area (Å²) in [4.78, 5) is 14.8. The zero-order valence-corrected chi connectivity index (χ0v) is 12.2. The van der Waals surface area contributed by atoms with Crippen LogP contribution in [0.25, 0.3) is 9.33 Å². The molecule has 88 valence electrons. The lowest BCUT2D eigenvalue weighted by Crippen LogP contribution is -2.06. The predicted molar refractivity (Wildman–Crippen MR) is 73.2 cm³/mol. The smallest absolute Gasteiger partial charge is 0.337 e. The molecule has 1 aromatic carbocycles. The monoisotopic (exact) mass is 357 g/mol. The van der Waals surface area contributed by atoms with E-state index in [0.717, 1.165) is 10.0 Å². The average Bonchev–Trinajstić information content (AvgIpc) is 2.30. The van der Waals surface area contributed by atoms with Crippen molar-refractivity contribution in [2.24, 2.45) is 0 Å². The van der Waals surface area contributed by atoms with E-state index < -0.39 is 5.97 Å². The second-order valence-electron chi connectivity index (χ2n) is 2.97. The molecule has 0 unspecified atom stereocenters. The number of rotatable bonds is 3. The third kappa shape index (κ3) is 3.42. The number of hydrogen-bond acceptors (Lipinski definition) is 2. The number of ether oxygens (including phenoxy) is 1. The molecule has 0 radical (unpaired) electrons. The molecule has 17 heavy (non-hydrogen) atoms. The van der Waals surface area contributed by atoms with Crippen molar-refractivity contribution in [2.75, 3.05) is 6.61 Å². The van der Waals surface area contributed by atoms with E-state index in [2.05, 4.69) is 36.7 Å². The Labute approximate surface area is 117 Å². The van der Waals surface area contributed by atoms with E-state index in [0.29, 0.717) is 4.48 Å². The summed E-state index contributed by atoms with van der Waals surface area (Å²) in [5.41, 5.74) is 0.685. The molecule has 0 saturated carbocycles. The van der Waals surface area contributed by atoms with E-state index in [1.807, 2.05) is 18.2 Å². The number of halogens is 2. The quantitative estimate of drug-likeness (QED) is 0.464. The highest BCUT2D eigenvalue weighted by Gasteiger charge is 2.18. The van der Waals surface area contributed by atoms with Crippen LogP contribution < -0.4 is 0 Å². The lowest BCUT2D eigenvalue weighted by molar-refractivity contribution is -0.138. The van der Waals surface area contributed by atoms with Gasteiger partial charge in [0.1, 0.15) is 0 Å². The summed E-state index contributed by atoms with van der Waals surface area (Å²) in [5, 5.41) is 0. The molecule has 0 fully saturated rings. The van der Waals surface area contributed by atoms with Crippen LogP contribution >= 0.6 is 31.9 Å². The summed E-state index contributed by atoms with van der Waals surface area (Å²) >= 11 is 6.63. The van der Waals surface area contributed by atoms with Gasteiger partial charge in [0.15, 0.2) is 0 Å². The summed E-state index contributed by atoms with van der Waals surface area (Å²) in [7, 11) is 0. The normalized spacial score (nSPS) is 11.4. The zero-order valence-electron chi connectivity index (χ0n) is 9.04. The van der Waals surface area contributed by atoms with Crippen LogP contribution in [0.2, 0.25) is 0 Å². The van der Waals surface area contributed by atoms with Crippen molar-refractivity contribution in [2.45, 2.75) is 6.92 Å². The molecule has 5 heteroatoms. The van der Waals surface area contributed by atoms with Gasteiger partial charge in [-0.05, 0) is 18.6 Å². The van der Waals surface area contributed by atoms with Crippen LogP contribution in [0.1, 0.15) is 12.5 Å². The lowest BCUT2D eigenvalue weighted by Gasteiger charge is -2.06. The molecule has 1 aromatic rings. The molecule has 3 nitrogen and oxygen atoms in total. The van der Waals surface area contributed by atoms with Gasteiger partial charge in [0, 0.05) is 8.96 Å². The third-order valence-corrected chi connectivity index (χ3v) is 3.39. The number of carbonyl (C=O) groups excluding carboxylic acids is 1. The van der Waals surface area contributed by atoms with Crippen LogP contribution in [0, 0.1) is 6.57 Å². The van der Waals surface area contributed by atoms with Crippen LogP contribution in [-0.2, 0) is 9.53 Å². The lowest BCUT2D eigenvalue weighted by atomic mass is 10.2. The maximum Gasteiger partial charge on any atom is 0.337 e. The molecule has 0 aliphatic carbocycles. The highest BCUT2D eigenvalue weighted by molar-refractivity contribution is 9.15. The molecule has 0 aromatic heterocycles. The number of carbonyl (C=O) groups is 1. The maximum absolute atomic E-state index is 11.6. The maximum atomic E-state index is 11.6. The Morgan fingerprint density at radius 1 is 1.47 bits per heavy atom. The summed E-state index contributed by atoms with van der Waals surface area (Å²) in [6, 6.07) is 7.33. The zero-order chi connectivity index (χ0) is 12.8. The first kappa shape index (κ1) is 13.9. The Balaban J connectivity index is 3.24. The number of nitrogens with zero attached hydrogens (tertiary/aromatic N) is 1. The van der Waals surface area contributed by atoms with E-state index in [4.69, 9.17) is 11.3 Å². The predicted octanol–water partition coefficient (Wildman–Crippen LogP) is 3.99. The largest absolute Gasteiger partial charge is 0.471 e. The Hall–Kier alpha value is -1.12. The van der Waals surface area contributed by atoms with Gasteiger partial charge in [0.05, 0.1) is 13.2 Å². The van der Waals surface area contributed by atoms with Gasteiger partial charge in [-0.2, -0.15) is 0 Å². The molecule has 0 heterocycles. The van der Waals surface area contributed by atoms with Gasteiger partial charge < -0.3 is 4.74 Å². The Morgan fingerprint density at radius 2 is 2.12 bits per heavy atom. The minimum absolute atomic E-state index is 0.0567. The van der Waals surface area contributed by atoms with Gasteiger partial charge in [-0.3, -0.25) is 4.79 Å². The first-order valence-corrected chi connectivity index (χ1v) is 6.39. The molecular formula is C12H9Br2NO2. The van der Waals surface area contributed by atoms with E-state index in [9.17, 15) is 4.79 Å². The fourth-order valence-corrected chi connectivity index (χ4v) is 2.50. The summed E-state index contributed by atoms with van der Waals surface area (Å²) in [5.74, 6) is -0.620. The first-order valence-electron chi connectivity index (χ1n) is 4.81. The van der Waals surface area contributed by atoms with Crippen LogP contribution in [-0.4, -0.2) is 12.6 Å². The van der Waals surface area contributed by atoms with E-state index in [1.165, 1.54) is 0 Å². The third-order valence-electron chi connectivity index (χ3n) is 1.90. The highest BCUT2D eigenvalue weighted by Crippen LogP contribution is 2.32.